The number of nitrogens with zero attached hydrogens (tertiary/aromatic N) is 7. The van der Waals surface area contributed by atoms with E-state index in [2.05, 4.69) is 30.8 Å². The molecule has 2 N–H and O–H groups in total. The molecule has 4 heterocycles. The minimum absolute atomic E-state index is 0.0177. The number of pyridine rings is 1. The monoisotopic (exact) mass is 519 g/mol. The van der Waals surface area contributed by atoms with Gasteiger partial charge in [0.15, 0.2) is 0 Å². The molecule has 0 unspecified atom stereocenters. The molecule has 5 aromatic rings. The maximum Gasteiger partial charge on any atom is 0.251 e. The van der Waals surface area contributed by atoms with Crippen molar-refractivity contribution in [1.82, 2.24) is 34.1 Å². The van der Waals surface area contributed by atoms with Gasteiger partial charge in [-0.1, -0.05) is 17.7 Å². The van der Waals surface area contributed by atoms with Gasteiger partial charge in [0.2, 0.25) is 5.95 Å². The molecule has 5 rings (SSSR count). The van der Waals surface area contributed by atoms with Crippen LogP contribution < -0.4 is 16.2 Å². The fourth-order valence-corrected chi connectivity index (χ4v) is 4.06. The fraction of sp³-hybridized carbons (Fsp3) is 0.160. The summed E-state index contributed by atoms with van der Waals surface area (Å²) in [6.45, 7) is 0.312. The van der Waals surface area contributed by atoms with Crippen LogP contribution in [0, 0.1) is 5.82 Å². The molecule has 0 saturated heterocycles. The number of rotatable bonds is 8. The quantitative estimate of drug-likeness (QED) is 0.319. The summed E-state index contributed by atoms with van der Waals surface area (Å²) < 4.78 is 19.2. The normalized spacial score (nSPS) is 11.9. The van der Waals surface area contributed by atoms with E-state index in [9.17, 15) is 9.18 Å². The number of aromatic nitrogens is 7. The van der Waals surface area contributed by atoms with Gasteiger partial charge in [-0.05, 0) is 29.8 Å². The molecule has 1 aromatic carbocycles. The second-order valence-electron chi connectivity index (χ2n) is 8.30. The molecule has 188 valence electrons. The minimum atomic E-state index is -0.552. The van der Waals surface area contributed by atoms with Crippen molar-refractivity contribution in [3.63, 3.8) is 0 Å². The Morgan fingerprint density at radius 2 is 1.73 bits per heavy atom. The molecular weight excluding hydrogens is 497 g/mol. The van der Waals surface area contributed by atoms with Crippen LogP contribution in [0.5, 0.6) is 0 Å². The summed E-state index contributed by atoms with van der Waals surface area (Å²) in [5.41, 5.74) is 1.52. The molecule has 4 aromatic heterocycles. The Labute approximate surface area is 216 Å². The lowest BCUT2D eigenvalue weighted by atomic mass is 10.1. The zero-order valence-electron chi connectivity index (χ0n) is 20.0. The van der Waals surface area contributed by atoms with E-state index in [1.165, 1.54) is 18.2 Å². The van der Waals surface area contributed by atoms with Gasteiger partial charge in [-0.25, -0.2) is 14.4 Å². The lowest BCUT2D eigenvalue weighted by molar-refractivity contribution is 0.573. The Kier molecular flexibility index (Phi) is 6.69. The Balaban J connectivity index is 1.46. The third-order valence-electron chi connectivity index (χ3n) is 5.92. The average Bonchev–Trinajstić information content (AvgIpc) is 3.49. The summed E-state index contributed by atoms with van der Waals surface area (Å²) in [4.78, 5) is 22.1. The number of aryl methyl sites for hydroxylation is 2. The number of benzene rings is 1. The van der Waals surface area contributed by atoms with E-state index < -0.39 is 11.9 Å². The van der Waals surface area contributed by atoms with Crippen molar-refractivity contribution in [1.29, 1.82) is 0 Å². The predicted molar refractivity (Wildman–Crippen MR) is 139 cm³/mol. The molecule has 0 fully saturated rings. The molecule has 0 bridgehead atoms. The van der Waals surface area contributed by atoms with Gasteiger partial charge in [-0.3, -0.25) is 14.2 Å². The largest absolute Gasteiger partial charge is 0.368 e. The van der Waals surface area contributed by atoms with E-state index in [-0.39, 0.29) is 10.6 Å². The van der Waals surface area contributed by atoms with E-state index in [1.54, 1.807) is 77.1 Å². The average molecular weight is 520 g/mol. The second kappa shape index (κ2) is 10.2. The predicted octanol–water partition coefficient (Wildman–Crippen LogP) is 4.01. The number of anilines is 3. The molecule has 0 radical (unpaired) electrons. The lowest BCUT2D eigenvalue weighted by Crippen LogP contribution is -2.29. The molecule has 0 spiro atoms. The van der Waals surface area contributed by atoms with Crippen molar-refractivity contribution in [2.45, 2.75) is 6.04 Å². The summed E-state index contributed by atoms with van der Waals surface area (Å²) in [6, 6.07) is 12.7. The minimum Gasteiger partial charge on any atom is -0.368 e. The summed E-state index contributed by atoms with van der Waals surface area (Å²) >= 11 is 5.90. The second-order valence-corrected chi connectivity index (χ2v) is 8.71. The van der Waals surface area contributed by atoms with Gasteiger partial charge in [-0.15, -0.1) is 0 Å². The maximum absolute atomic E-state index is 14.3. The van der Waals surface area contributed by atoms with Gasteiger partial charge in [0.05, 0.1) is 29.2 Å². The van der Waals surface area contributed by atoms with Crippen LogP contribution in [0.2, 0.25) is 5.02 Å². The summed E-state index contributed by atoms with van der Waals surface area (Å²) in [5, 5.41) is 14.7. The van der Waals surface area contributed by atoms with Crippen LogP contribution in [0.1, 0.15) is 11.6 Å². The maximum atomic E-state index is 14.3. The number of hydrogen-bond donors (Lipinski definition) is 2. The van der Waals surface area contributed by atoms with Crippen molar-refractivity contribution in [3.8, 4) is 11.3 Å². The van der Waals surface area contributed by atoms with Gasteiger partial charge < -0.3 is 15.2 Å². The smallest absolute Gasteiger partial charge is 0.251 e. The zero-order chi connectivity index (χ0) is 25.9. The van der Waals surface area contributed by atoms with Crippen LogP contribution >= 0.6 is 11.6 Å². The Hall–Kier alpha value is -4.51. The van der Waals surface area contributed by atoms with E-state index >= 15 is 0 Å². The first kappa shape index (κ1) is 24.2. The van der Waals surface area contributed by atoms with Crippen LogP contribution in [0.3, 0.4) is 0 Å². The third-order valence-corrected chi connectivity index (χ3v) is 6.23. The first-order valence-corrected chi connectivity index (χ1v) is 11.7. The van der Waals surface area contributed by atoms with Gasteiger partial charge in [-0.2, -0.15) is 10.2 Å². The number of halogens is 2. The Morgan fingerprint density at radius 1 is 0.973 bits per heavy atom. The van der Waals surface area contributed by atoms with Gasteiger partial charge >= 0.3 is 0 Å². The molecule has 0 aliphatic heterocycles. The first-order valence-electron chi connectivity index (χ1n) is 11.4. The van der Waals surface area contributed by atoms with Crippen molar-refractivity contribution >= 4 is 29.2 Å². The molecule has 12 heteroatoms. The highest BCUT2D eigenvalue weighted by Gasteiger charge is 2.18. The van der Waals surface area contributed by atoms with E-state index in [4.69, 9.17) is 11.6 Å². The fourth-order valence-electron chi connectivity index (χ4n) is 3.94. The third kappa shape index (κ3) is 5.21. The van der Waals surface area contributed by atoms with Crippen LogP contribution in [0.4, 0.5) is 22.0 Å². The van der Waals surface area contributed by atoms with Crippen LogP contribution in [-0.2, 0) is 14.1 Å². The molecule has 0 amide bonds. The van der Waals surface area contributed by atoms with Crippen LogP contribution in [-0.4, -0.2) is 40.6 Å². The van der Waals surface area contributed by atoms with Gasteiger partial charge in [0.1, 0.15) is 17.5 Å². The molecular formula is C25H23ClFN9O. The highest BCUT2D eigenvalue weighted by Crippen LogP contribution is 2.24. The van der Waals surface area contributed by atoms with Crippen molar-refractivity contribution < 1.29 is 4.39 Å². The SMILES string of the molecule is Cn1nccc1NC[C@H](c1ccc(Cl)c(F)c1)n1ccc(-c2ccnc(Nc3ccnn3C)n2)cc1=O. The topological polar surface area (TPSA) is 107 Å². The van der Waals surface area contributed by atoms with E-state index in [1.807, 2.05) is 6.07 Å². The molecule has 37 heavy (non-hydrogen) atoms. The van der Waals surface area contributed by atoms with Crippen molar-refractivity contribution in [2.75, 3.05) is 17.2 Å². The lowest BCUT2D eigenvalue weighted by Gasteiger charge is -2.22. The summed E-state index contributed by atoms with van der Waals surface area (Å²) in [6.07, 6.45) is 6.62. The summed E-state index contributed by atoms with van der Waals surface area (Å²) in [7, 11) is 3.61. The van der Waals surface area contributed by atoms with Gasteiger partial charge in [0.25, 0.3) is 5.56 Å². The molecule has 1 atom stereocenters. The van der Waals surface area contributed by atoms with E-state index in [0.29, 0.717) is 29.3 Å². The first-order chi connectivity index (χ1) is 17.9. The highest BCUT2D eigenvalue weighted by molar-refractivity contribution is 6.30. The van der Waals surface area contributed by atoms with Crippen LogP contribution in [0.25, 0.3) is 11.3 Å². The van der Waals surface area contributed by atoms with Crippen molar-refractivity contribution in [3.05, 3.63) is 100 Å². The molecule has 0 aliphatic rings. The highest BCUT2D eigenvalue weighted by atomic mass is 35.5. The molecule has 10 nitrogen and oxygen atoms in total. The summed E-state index contributed by atoms with van der Waals surface area (Å²) in [5.74, 6) is 1.31. The van der Waals surface area contributed by atoms with Crippen LogP contribution in [0.15, 0.2) is 78.1 Å². The van der Waals surface area contributed by atoms with Gasteiger partial charge in [0, 0.05) is 56.8 Å². The number of hydrogen-bond acceptors (Lipinski definition) is 7. The molecule has 0 aliphatic carbocycles. The molecule has 0 saturated carbocycles. The van der Waals surface area contributed by atoms with E-state index in [0.717, 1.165) is 11.6 Å². The Morgan fingerprint density at radius 3 is 2.41 bits per heavy atom. The Bertz CT molecular complexity index is 1610. The standard InChI is InChI=1S/C25H23ClFN9O/c1-34-22(6-10-30-34)29-15-21(17-3-4-18(26)19(27)13-17)36-12-8-16(14-24(36)37)20-5-9-28-25(32-20)33-23-7-11-31-35(23)2/h3-14,21,29H,15H2,1-2H3,(H,28,32,33)/t21-/m1/s1. The number of nitrogens with one attached hydrogen (secondary N) is 2. The van der Waals surface area contributed by atoms with Crippen molar-refractivity contribution in [2.24, 2.45) is 14.1 Å². The zero-order valence-corrected chi connectivity index (χ0v) is 20.8.